The van der Waals surface area contributed by atoms with Gasteiger partial charge in [-0.15, -0.1) is 0 Å². The van der Waals surface area contributed by atoms with E-state index in [0.29, 0.717) is 0 Å². The summed E-state index contributed by atoms with van der Waals surface area (Å²) in [4.78, 5) is 10.1. The molecule has 0 atom stereocenters. The van der Waals surface area contributed by atoms with Crippen LogP contribution in [0.2, 0.25) is 0 Å². The monoisotopic (exact) mass is 461 g/mol. The van der Waals surface area contributed by atoms with Crippen LogP contribution in [0.5, 0.6) is 0 Å². The van der Waals surface area contributed by atoms with Crippen molar-refractivity contribution in [3.8, 4) is 0 Å². The third-order valence-corrected chi connectivity index (χ3v) is 6.24. The molecule has 0 saturated heterocycles. The zero-order chi connectivity index (χ0) is 23.9. The lowest BCUT2D eigenvalue weighted by atomic mass is 9.99. The summed E-state index contributed by atoms with van der Waals surface area (Å²) in [5.74, 6) is 0. The van der Waals surface area contributed by atoms with Crippen molar-refractivity contribution in [2.45, 2.75) is 40.0 Å². The van der Waals surface area contributed by atoms with Crippen molar-refractivity contribution in [3.63, 3.8) is 0 Å². The van der Waals surface area contributed by atoms with Gasteiger partial charge in [0.25, 0.3) is 0 Å². The summed E-state index contributed by atoms with van der Waals surface area (Å²) in [6, 6.07) is 20.6. The number of fused-ring (bicyclic) bond motifs is 2. The van der Waals surface area contributed by atoms with Crippen molar-refractivity contribution < 1.29 is 20.0 Å². The second kappa shape index (κ2) is 11.3. The van der Waals surface area contributed by atoms with E-state index in [1.54, 1.807) is 7.11 Å². The summed E-state index contributed by atoms with van der Waals surface area (Å²) < 4.78 is 2.36. The van der Waals surface area contributed by atoms with E-state index in [-0.39, 0.29) is 6.61 Å². The molecule has 4 rings (SSSR count). The molecule has 0 aliphatic heterocycles. The van der Waals surface area contributed by atoms with E-state index in [2.05, 4.69) is 76.4 Å². The Morgan fingerprint density at radius 3 is 2.59 bits per heavy atom. The highest BCUT2D eigenvalue weighted by molar-refractivity contribution is 5.96. The van der Waals surface area contributed by atoms with Crippen LogP contribution in [0.15, 0.2) is 65.8 Å². The molecule has 0 radical (unpaired) electrons. The Hall–Kier alpha value is -3.23. The van der Waals surface area contributed by atoms with Gasteiger partial charge in [-0.1, -0.05) is 64.8 Å². The summed E-state index contributed by atoms with van der Waals surface area (Å²) >= 11 is 0. The van der Waals surface area contributed by atoms with Crippen molar-refractivity contribution in [1.29, 1.82) is 0 Å². The van der Waals surface area contributed by atoms with Crippen molar-refractivity contribution in [2.75, 3.05) is 13.7 Å². The van der Waals surface area contributed by atoms with E-state index in [1.807, 2.05) is 18.2 Å². The molecule has 0 fully saturated rings. The van der Waals surface area contributed by atoms with Gasteiger partial charge in [-0.05, 0) is 55.1 Å². The molecule has 0 spiro atoms. The molecule has 4 aromatic rings. The Labute approximate surface area is 199 Å². The Morgan fingerprint density at radius 2 is 1.82 bits per heavy atom. The topological polar surface area (TPSA) is 77.2 Å². The van der Waals surface area contributed by atoms with Crippen LogP contribution in [-0.2, 0) is 34.5 Å². The molecule has 0 amide bonds. The highest BCUT2D eigenvalue weighted by Crippen LogP contribution is 2.27. The number of rotatable bonds is 10. The van der Waals surface area contributed by atoms with Gasteiger partial charge in [0.1, 0.15) is 19.1 Å². The minimum atomic E-state index is 0.0784. The summed E-state index contributed by atoms with van der Waals surface area (Å²) in [5, 5.41) is 23.2. The van der Waals surface area contributed by atoms with Crippen molar-refractivity contribution in [3.05, 3.63) is 88.3 Å². The molecule has 0 aliphatic carbocycles. The molecule has 1 heterocycles. The maximum absolute atomic E-state index is 8.73. The number of benzene rings is 3. The van der Waals surface area contributed by atoms with Crippen molar-refractivity contribution in [1.82, 2.24) is 9.88 Å². The van der Waals surface area contributed by atoms with Crippen LogP contribution >= 0.6 is 0 Å². The smallest absolute Gasteiger partial charge is 0.121 e. The summed E-state index contributed by atoms with van der Waals surface area (Å²) in [7, 11) is 1.55. The molecule has 0 aliphatic rings. The van der Waals surface area contributed by atoms with Crippen LogP contribution in [0.3, 0.4) is 0 Å². The molecule has 7 nitrogen and oxygen atoms in total. The first-order valence-corrected chi connectivity index (χ1v) is 11.4. The molecule has 1 aromatic heterocycles. The van der Waals surface area contributed by atoms with Crippen LogP contribution in [0, 0.1) is 13.8 Å². The highest BCUT2D eigenvalue weighted by Gasteiger charge is 2.16. The number of hydrogen-bond donors (Lipinski definition) is 2. The second-order valence-electron chi connectivity index (χ2n) is 8.34. The predicted octanol–water partition coefficient (Wildman–Crippen LogP) is 4.97. The van der Waals surface area contributed by atoms with E-state index in [9.17, 15) is 0 Å². The average molecular weight is 462 g/mol. The molecule has 0 bridgehead atoms. The van der Waals surface area contributed by atoms with Gasteiger partial charge >= 0.3 is 0 Å². The Bertz CT molecular complexity index is 1330. The maximum Gasteiger partial charge on any atom is 0.121 e. The van der Waals surface area contributed by atoms with E-state index in [1.165, 1.54) is 16.7 Å². The van der Waals surface area contributed by atoms with Gasteiger partial charge in [-0.25, -0.2) is 10.1 Å². The van der Waals surface area contributed by atoms with Crippen LogP contribution < -0.4 is 10.7 Å². The Morgan fingerprint density at radius 1 is 1.00 bits per heavy atom. The molecule has 34 heavy (non-hydrogen) atoms. The zero-order valence-corrected chi connectivity index (χ0v) is 19.9. The quantitative estimate of drug-likeness (QED) is 0.151. The minimum absolute atomic E-state index is 0.0784. The molecule has 0 saturated carbocycles. The summed E-state index contributed by atoms with van der Waals surface area (Å²) in [5.41, 5.74) is 6.73. The molecule has 178 valence electrons. The van der Waals surface area contributed by atoms with Crippen LogP contribution in [0.1, 0.15) is 28.7 Å². The lowest BCUT2D eigenvalue weighted by Crippen LogP contribution is -2.20. The molecular weight excluding hydrogens is 430 g/mol. The Balaban J connectivity index is 1.77. The SMILES string of the molecule is CO/N=c1/c2ccc(C)c(C)c2n(CCCNCc2ccccc2)c2cccc(COOO)c12. The first-order valence-electron chi connectivity index (χ1n) is 11.4. The average Bonchev–Trinajstić information content (AvgIpc) is 2.86. The number of aryl methyl sites for hydroxylation is 3. The van der Waals surface area contributed by atoms with Crippen LogP contribution in [-0.4, -0.2) is 23.5 Å². The predicted molar refractivity (Wildman–Crippen MR) is 133 cm³/mol. The van der Waals surface area contributed by atoms with Gasteiger partial charge in [0.2, 0.25) is 0 Å². The number of hydrogen-bond acceptors (Lipinski definition) is 6. The maximum atomic E-state index is 8.73. The normalized spacial score (nSPS) is 12.1. The second-order valence-corrected chi connectivity index (χ2v) is 8.34. The van der Waals surface area contributed by atoms with E-state index in [0.717, 1.165) is 58.8 Å². The molecule has 3 aromatic carbocycles. The third-order valence-electron chi connectivity index (χ3n) is 6.24. The summed E-state index contributed by atoms with van der Waals surface area (Å²) in [6.07, 6.45) is 0.955. The van der Waals surface area contributed by atoms with Gasteiger partial charge in [0.05, 0.1) is 11.0 Å². The van der Waals surface area contributed by atoms with E-state index >= 15 is 0 Å². The minimum Gasteiger partial charge on any atom is -0.399 e. The van der Waals surface area contributed by atoms with Crippen LogP contribution in [0.4, 0.5) is 0 Å². The first-order chi connectivity index (χ1) is 16.7. The third kappa shape index (κ3) is 4.98. The number of pyridine rings is 1. The summed E-state index contributed by atoms with van der Waals surface area (Å²) in [6.45, 7) is 6.92. The van der Waals surface area contributed by atoms with Gasteiger partial charge in [-0.3, -0.25) is 0 Å². The van der Waals surface area contributed by atoms with E-state index in [4.69, 9.17) is 15.0 Å². The Kier molecular flexibility index (Phi) is 7.92. The number of nitrogens with one attached hydrogen (secondary N) is 1. The molecule has 0 unspecified atom stereocenters. The molecule has 2 N–H and O–H groups in total. The van der Waals surface area contributed by atoms with Gasteiger partial charge in [-0.2, -0.15) is 0 Å². The van der Waals surface area contributed by atoms with Gasteiger partial charge in [0.15, 0.2) is 0 Å². The van der Waals surface area contributed by atoms with Crippen LogP contribution in [0.25, 0.3) is 21.8 Å². The van der Waals surface area contributed by atoms with Crippen molar-refractivity contribution >= 4 is 21.8 Å². The standard InChI is InChI=1S/C27H31N3O4/c1-19-13-14-23-26(29-32-3)25-22(18-33-34-31)11-7-12-24(25)30(27(23)20(19)2)16-8-15-28-17-21-9-5-4-6-10-21/h4-7,9-14,28,31H,8,15-18H2,1-3H3/b29-26-. The fourth-order valence-corrected chi connectivity index (χ4v) is 4.50. The fraction of sp³-hybridized carbons (Fsp3) is 0.296. The largest absolute Gasteiger partial charge is 0.399 e. The molecular formula is C27H31N3O4. The van der Waals surface area contributed by atoms with Gasteiger partial charge < -0.3 is 14.7 Å². The number of nitrogens with zero attached hydrogens (tertiary/aromatic N) is 2. The highest BCUT2D eigenvalue weighted by atomic mass is 17.5. The zero-order valence-electron chi connectivity index (χ0n) is 19.9. The lowest BCUT2D eigenvalue weighted by Gasteiger charge is -2.20. The lowest BCUT2D eigenvalue weighted by molar-refractivity contribution is -0.496. The van der Waals surface area contributed by atoms with Gasteiger partial charge in [0, 0.05) is 23.9 Å². The first kappa shape index (κ1) is 23.9. The van der Waals surface area contributed by atoms with E-state index < -0.39 is 0 Å². The fourth-order valence-electron chi connectivity index (χ4n) is 4.50. The number of aromatic nitrogens is 1. The van der Waals surface area contributed by atoms with Crippen molar-refractivity contribution in [2.24, 2.45) is 5.16 Å². The molecule has 7 heteroatoms.